The zero-order valence-electron chi connectivity index (χ0n) is 33.5. The molecule has 0 spiro atoms. The summed E-state index contributed by atoms with van der Waals surface area (Å²) in [4.78, 5) is 11.1. The zero-order chi connectivity index (χ0) is 40.7. The summed E-state index contributed by atoms with van der Waals surface area (Å²) in [5.74, 6) is 0.651. The van der Waals surface area contributed by atoms with E-state index in [4.69, 9.17) is 14.4 Å². The van der Waals surface area contributed by atoms with Crippen molar-refractivity contribution in [2.24, 2.45) is 0 Å². The van der Waals surface area contributed by atoms with Crippen LogP contribution in [0.5, 0.6) is 0 Å². The van der Waals surface area contributed by atoms with Crippen LogP contribution in [0.15, 0.2) is 217 Å². The lowest BCUT2D eigenvalue weighted by Crippen LogP contribution is -2.02. The molecule has 0 aliphatic heterocycles. The topological polar surface area (TPSA) is 43.9 Å². The fourth-order valence-corrected chi connectivity index (χ4v) is 9.72. The molecule has 62 heavy (non-hydrogen) atoms. The molecule has 0 saturated heterocycles. The quantitative estimate of drug-likeness (QED) is 0.174. The van der Waals surface area contributed by atoms with E-state index in [0.29, 0.717) is 5.82 Å². The Labute approximate surface area is 356 Å². The summed E-state index contributed by atoms with van der Waals surface area (Å²) in [5, 5.41) is 11.5. The Morgan fingerprint density at radius 3 is 1.87 bits per heavy atom. The lowest BCUT2D eigenvalue weighted by atomic mass is 9.97. The highest BCUT2D eigenvalue weighted by Crippen LogP contribution is 2.46. The predicted molar refractivity (Wildman–Crippen MR) is 258 cm³/mol. The summed E-state index contributed by atoms with van der Waals surface area (Å²) in [6.07, 6.45) is 0. The highest BCUT2D eigenvalue weighted by molar-refractivity contribution is 6.22. The fraction of sp³-hybridized carbons (Fsp3) is 0. The number of hydrogen-bond donors (Lipinski definition) is 0. The van der Waals surface area contributed by atoms with Gasteiger partial charge in [0, 0.05) is 43.6 Å². The van der Waals surface area contributed by atoms with Gasteiger partial charge in [0.15, 0.2) is 5.82 Å². The summed E-state index contributed by atoms with van der Waals surface area (Å²) in [7, 11) is 0. The van der Waals surface area contributed by atoms with Gasteiger partial charge in [-0.2, -0.15) is 0 Å². The van der Waals surface area contributed by atoms with Crippen LogP contribution in [0.3, 0.4) is 0 Å². The van der Waals surface area contributed by atoms with Crippen molar-refractivity contribution in [1.82, 2.24) is 14.5 Å². The lowest BCUT2D eigenvalue weighted by molar-refractivity contribution is 0.669. The molecule has 0 unspecified atom stereocenters. The Morgan fingerprint density at radius 1 is 0.371 bits per heavy atom. The normalized spacial score (nSPS) is 11.9. The second-order valence-electron chi connectivity index (χ2n) is 16.1. The maximum absolute atomic E-state index is 6.69. The molecule has 13 rings (SSSR count). The number of furan rings is 1. The van der Waals surface area contributed by atoms with Crippen molar-refractivity contribution >= 4 is 76.1 Å². The number of benzene rings is 10. The van der Waals surface area contributed by atoms with Crippen LogP contribution < -0.4 is 0 Å². The van der Waals surface area contributed by atoms with Crippen LogP contribution in [0.4, 0.5) is 0 Å². The smallest absolute Gasteiger partial charge is 0.160 e. The molecule has 0 radical (unpaired) electrons. The van der Waals surface area contributed by atoms with Gasteiger partial charge >= 0.3 is 0 Å². The summed E-state index contributed by atoms with van der Waals surface area (Å²) >= 11 is 0. The molecule has 4 nitrogen and oxygen atoms in total. The van der Waals surface area contributed by atoms with E-state index in [1.807, 2.05) is 6.07 Å². The van der Waals surface area contributed by atoms with Crippen molar-refractivity contribution < 1.29 is 4.42 Å². The molecule has 0 aliphatic carbocycles. The van der Waals surface area contributed by atoms with Crippen molar-refractivity contribution in [3.63, 3.8) is 0 Å². The van der Waals surface area contributed by atoms with Crippen LogP contribution in [-0.2, 0) is 0 Å². The Kier molecular flexibility index (Phi) is 7.57. The number of para-hydroxylation sites is 1. The number of rotatable bonds is 5. The van der Waals surface area contributed by atoms with Crippen molar-refractivity contribution in [3.8, 4) is 50.7 Å². The molecule has 0 fully saturated rings. The summed E-state index contributed by atoms with van der Waals surface area (Å²) < 4.78 is 9.17. The van der Waals surface area contributed by atoms with Crippen molar-refractivity contribution in [2.75, 3.05) is 0 Å². The Hall–Kier alpha value is -8.34. The Balaban J connectivity index is 1.19. The van der Waals surface area contributed by atoms with E-state index in [0.717, 1.165) is 88.6 Å². The first-order chi connectivity index (χ1) is 30.7. The molecule has 288 valence electrons. The zero-order valence-corrected chi connectivity index (χ0v) is 33.5. The lowest BCUT2D eigenvalue weighted by Gasteiger charge is -2.18. The van der Waals surface area contributed by atoms with Gasteiger partial charge in [-0.15, -0.1) is 0 Å². The van der Waals surface area contributed by atoms with E-state index in [1.165, 1.54) is 32.3 Å². The molecular weight excluding hydrogens is 755 g/mol. The average molecular weight is 790 g/mol. The highest BCUT2D eigenvalue weighted by Gasteiger charge is 2.25. The molecule has 3 heterocycles. The van der Waals surface area contributed by atoms with Crippen LogP contribution in [0, 0.1) is 0 Å². The third-order valence-electron chi connectivity index (χ3n) is 12.6. The number of nitrogens with zero attached hydrogens (tertiary/aromatic N) is 3. The van der Waals surface area contributed by atoms with E-state index >= 15 is 0 Å². The van der Waals surface area contributed by atoms with E-state index in [-0.39, 0.29) is 0 Å². The van der Waals surface area contributed by atoms with Crippen LogP contribution in [0.25, 0.3) is 127 Å². The van der Waals surface area contributed by atoms with Gasteiger partial charge in [-0.05, 0) is 80.5 Å². The second kappa shape index (κ2) is 13.6. The maximum atomic E-state index is 6.69. The van der Waals surface area contributed by atoms with E-state index in [2.05, 4.69) is 211 Å². The monoisotopic (exact) mass is 789 g/mol. The number of fused-ring (bicyclic) bond motifs is 10. The molecule has 0 aliphatic rings. The fourth-order valence-electron chi connectivity index (χ4n) is 9.72. The molecule has 0 N–H and O–H groups in total. The molecule has 3 aromatic heterocycles. The van der Waals surface area contributed by atoms with Gasteiger partial charge in [0.2, 0.25) is 0 Å². The Bertz CT molecular complexity index is 3930. The first-order valence-electron chi connectivity index (χ1n) is 21.1. The molecular formula is C58H35N3O. The van der Waals surface area contributed by atoms with Gasteiger partial charge in [-0.3, -0.25) is 0 Å². The van der Waals surface area contributed by atoms with Crippen molar-refractivity contribution in [3.05, 3.63) is 212 Å². The van der Waals surface area contributed by atoms with Gasteiger partial charge in [-0.1, -0.05) is 170 Å². The van der Waals surface area contributed by atoms with Crippen LogP contribution >= 0.6 is 0 Å². The maximum Gasteiger partial charge on any atom is 0.160 e. The second-order valence-corrected chi connectivity index (χ2v) is 16.1. The minimum Gasteiger partial charge on any atom is -0.456 e. The minimum atomic E-state index is 0.651. The molecule has 0 saturated carbocycles. The van der Waals surface area contributed by atoms with E-state index < -0.39 is 0 Å². The number of hydrogen-bond acceptors (Lipinski definition) is 3. The van der Waals surface area contributed by atoms with Crippen molar-refractivity contribution in [1.29, 1.82) is 0 Å². The molecule has 4 heteroatoms. The highest BCUT2D eigenvalue weighted by atomic mass is 16.3. The van der Waals surface area contributed by atoms with E-state index in [9.17, 15) is 0 Å². The van der Waals surface area contributed by atoms with Gasteiger partial charge in [0.05, 0.1) is 28.1 Å². The average Bonchev–Trinajstić information content (AvgIpc) is 3.88. The molecule has 10 aromatic carbocycles. The summed E-state index contributed by atoms with van der Waals surface area (Å²) in [6.45, 7) is 0. The largest absolute Gasteiger partial charge is 0.456 e. The third kappa shape index (κ3) is 5.33. The van der Waals surface area contributed by atoms with Gasteiger partial charge in [-0.25, -0.2) is 9.97 Å². The van der Waals surface area contributed by atoms with Gasteiger partial charge in [0.1, 0.15) is 11.2 Å². The van der Waals surface area contributed by atoms with E-state index in [1.54, 1.807) is 0 Å². The first-order valence-corrected chi connectivity index (χ1v) is 21.1. The molecule has 13 aromatic rings. The first kappa shape index (κ1) is 34.5. The molecule has 0 bridgehead atoms. The van der Waals surface area contributed by atoms with Crippen molar-refractivity contribution in [2.45, 2.75) is 0 Å². The number of aromatic nitrogens is 3. The van der Waals surface area contributed by atoms with Crippen LogP contribution in [-0.4, -0.2) is 14.5 Å². The minimum absolute atomic E-state index is 0.651. The predicted octanol–water partition coefficient (Wildman–Crippen LogP) is 15.6. The van der Waals surface area contributed by atoms with Gasteiger partial charge < -0.3 is 8.98 Å². The Morgan fingerprint density at radius 2 is 1.02 bits per heavy atom. The molecule has 0 atom stereocenters. The summed E-state index contributed by atoms with van der Waals surface area (Å²) in [6, 6.07) is 75.6. The van der Waals surface area contributed by atoms with Gasteiger partial charge in [0.25, 0.3) is 0 Å². The van der Waals surface area contributed by atoms with Crippen LogP contribution in [0.1, 0.15) is 0 Å². The third-order valence-corrected chi connectivity index (χ3v) is 12.6. The molecule has 0 amide bonds. The standard InChI is InChI=1S/C58H35N3O/c1-2-14-36(15-3-1)39-21-12-22-42(32-39)58-59-49(45-26-13-20-37-16-6-8-23-43(37)45)35-50(60-58)56-51(30-31-54-55(56)47-25-10-11-27-53(47)62-54)61-52-34-41-19-5-4-18-40(41)33-48(52)46-29-28-38-17-7-9-24-44(38)57(46)61/h1-35H. The van der Waals surface area contributed by atoms with Crippen LogP contribution in [0.2, 0.25) is 0 Å². The SMILES string of the molecule is c1ccc(-c2cccc(-c3nc(-c4cccc5ccccc45)cc(-c4c(-n5c6cc7ccccc7cc6c6ccc7ccccc7c65)ccc5oc6ccccc6c45)n3)c2)cc1. The summed E-state index contributed by atoms with van der Waals surface area (Å²) in [5.41, 5.74) is 11.8.